The molecule has 3 aromatic rings. The molecule has 0 aliphatic carbocycles. The number of phenolic OH excluding ortho intramolecular Hbond substituents is 3. The number of fused-ring (bicyclic) bond motifs is 1. The average molecular weight is 903 g/mol. The first-order chi connectivity index (χ1) is 29.9. The molecule has 0 unspecified atom stereocenters. The van der Waals surface area contributed by atoms with Crippen molar-refractivity contribution in [2.24, 2.45) is 0 Å². The molecule has 7 rings (SSSR count). The van der Waals surface area contributed by atoms with Crippen LogP contribution in [0.3, 0.4) is 0 Å². The normalized spacial score (nSPS) is 41.2. The van der Waals surface area contributed by atoms with Crippen molar-refractivity contribution >= 4 is 11.0 Å². The van der Waals surface area contributed by atoms with Gasteiger partial charge in [0.15, 0.2) is 29.9 Å². The second-order valence-corrected chi connectivity index (χ2v) is 15.8. The minimum absolute atomic E-state index is 0.104. The highest BCUT2D eigenvalue weighted by Crippen LogP contribution is 2.44. The highest BCUT2D eigenvalue weighted by molar-refractivity contribution is 5.89. The average Bonchev–Trinajstić information content (AvgIpc) is 3.25. The van der Waals surface area contributed by atoms with Crippen molar-refractivity contribution in [2.45, 2.75) is 130 Å². The summed E-state index contributed by atoms with van der Waals surface area (Å²) in [6.07, 6.45) is -36.0. The van der Waals surface area contributed by atoms with Gasteiger partial charge in [0.1, 0.15) is 126 Å². The van der Waals surface area contributed by atoms with Crippen molar-refractivity contribution in [1.82, 2.24) is 0 Å². The van der Waals surface area contributed by atoms with Gasteiger partial charge >= 0.3 is 0 Å². The summed E-state index contributed by atoms with van der Waals surface area (Å²) in [5, 5.41) is 159. The van der Waals surface area contributed by atoms with Crippen molar-refractivity contribution in [3.63, 3.8) is 0 Å². The predicted molar refractivity (Wildman–Crippen MR) is 202 cm³/mol. The fraction of sp³-hybridized carbons (Fsp3) is 0.615. The van der Waals surface area contributed by atoms with Gasteiger partial charge in [0.2, 0.25) is 0 Å². The van der Waals surface area contributed by atoms with E-state index in [1.807, 2.05) is 0 Å². The zero-order valence-electron chi connectivity index (χ0n) is 33.0. The molecule has 0 amide bonds. The number of phenols is 3. The molecule has 350 valence electrons. The summed E-state index contributed by atoms with van der Waals surface area (Å²) in [6.45, 7) is -1.15. The van der Waals surface area contributed by atoms with Crippen molar-refractivity contribution in [3.05, 3.63) is 52.2 Å². The fourth-order valence-electron chi connectivity index (χ4n) is 8.01. The number of ether oxygens (including phenoxy) is 7. The number of aliphatic hydroxyl groups is 12. The summed E-state index contributed by atoms with van der Waals surface area (Å²) < 4.78 is 46.4. The molecule has 5 heterocycles. The molecule has 2 aromatic carbocycles. The molecule has 1 aromatic heterocycles. The molecule has 0 radical (unpaired) electrons. The van der Waals surface area contributed by atoms with Crippen LogP contribution in [0.15, 0.2) is 45.6 Å². The second-order valence-electron chi connectivity index (χ2n) is 15.8. The lowest BCUT2D eigenvalue weighted by atomic mass is 9.89. The summed E-state index contributed by atoms with van der Waals surface area (Å²) in [7, 11) is 0. The van der Waals surface area contributed by atoms with Crippen LogP contribution >= 0.6 is 0 Å². The summed E-state index contributed by atoms with van der Waals surface area (Å²) in [6, 6.07) is 7.23. The van der Waals surface area contributed by atoms with E-state index in [1.54, 1.807) is 0 Å². The van der Waals surface area contributed by atoms with Crippen LogP contribution in [0, 0.1) is 0 Å². The Morgan fingerprint density at radius 3 is 1.68 bits per heavy atom. The topological polar surface area (TPSA) is 398 Å². The van der Waals surface area contributed by atoms with Crippen LogP contribution in [0.2, 0.25) is 0 Å². The molecule has 20 atom stereocenters. The Hall–Kier alpha value is -3.71. The van der Waals surface area contributed by atoms with Crippen molar-refractivity contribution in [1.29, 1.82) is 0 Å². The first-order valence-corrected chi connectivity index (χ1v) is 19.8. The van der Waals surface area contributed by atoms with E-state index in [4.69, 9.17) is 37.6 Å². The summed E-state index contributed by atoms with van der Waals surface area (Å²) >= 11 is 0. The Labute approximate surface area is 355 Å². The monoisotopic (exact) mass is 902 g/mol. The standard InChI is InChI=1S/C39H50O24/c1-11-33(62-37-30(53)27(50)23(46)18(8-40)60-37)32(55)36(63-38-31(54)28(51)24(47)19(9-41)61-38)39(57-11)56-10-20-25(48)26(49)29(52)35(59-20)22-15(44)6-14(43)21-16(45)7-17(58-34(21)22)12-2-4-13(42)5-3-12/h2-7,11,18-20,23-33,35-44,46-55H,8-10H2,1H3/t11-,18-,19-,20-,23+,24-,25+,26-,27-,28-,29+,30+,31-,32+,33-,35-,36-,37-,38-,39+/m0/s1. The van der Waals surface area contributed by atoms with Gasteiger partial charge in [-0.05, 0) is 31.2 Å². The van der Waals surface area contributed by atoms with E-state index in [0.29, 0.717) is 0 Å². The van der Waals surface area contributed by atoms with Crippen molar-refractivity contribution < 1.29 is 114 Å². The van der Waals surface area contributed by atoms with E-state index >= 15 is 0 Å². The third-order valence-corrected chi connectivity index (χ3v) is 11.6. The van der Waals surface area contributed by atoms with Crippen molar-refractivity contribution in [3.8, 4) is 28.6 Å². The molecule has 24 heteroatoms. The van der Waals surface area contributed by atoms with E-state index in [-0.39, 0.29) is 17.1 Å². The largest absolute Gasteiger partial charge is 0.508 e. The molecule has 4 aliphatic rings. The van der Waals surface area contributed by atoms with Crippen LogP contribution in [0.25, 0.3) is 22.3 Å². The van der Waals surface area contributed by atoms with Crippen LogP contribution in [0.4, 0.5) is 0 Å². The molecule has 4 saturated heterocycles. The third kappa shape index (κ3) is 9.00. The lowest BCUT2D eigenvalue weighted by Crippen LogP contribution is -2.66. The summed E-state index contributed by atoms with van der Waals surface area (Å²) in [5.74, 6) is -1.70. The Balaban J connectivity index is 1.18. The molecule has 15 N–H and O–H groups in total. The number of benzene rings is 2. The molecule has 24 nitrogen and oxygen atoms in total. The molecule has 0 spiro atoms. The fourth-order valence-corrected chi connectivity index (χ4v) is 8.01. The first-order valence-electron chi connectivity index (χ1n) is 19.8. The van der Waals surface area contributed by atoms with E-state index in [1.165, 1.54) is 31.2 Å². The zero-order chi connectivity index (χ0) is 45.8. The zero-order valence-corrected chi connectivity index (χ0v) is 33.0. The molecule has 4 aliphatic heterocycles. The minimum atomic E-state index is -2.05. The predicted octanol–water partition coefficient (Wildman–Crippen LogP) is -5.41. The number of aliphatic hydroxyl groups excluding tert-OH is 12. The van der Waals surface area contributed by atoms with Gasteiger partial charge in [-0.3, -0.25) is 4.79 Å². The Morgan fingerprint density at radius 1 is 0.571 bits per heavy atom. The molecule has 0 saturated carbocycles. The lowest BCUT2D eigenvalue weighted by molar-refractivity contribution is -0.386. The maximum Gasteiger partial charge on any atom is 0.197 e. The number of hydrogen-bond acceptors (Lipinski definition) is 24. The molecule has 63 heavy (non-hydrogen) atoms. The van der Waals surface area contributed by atoms with Gasteiger partial charge in [-0.1, -0.05) is 0 Å². The van der Waals surface area contributed by atoms with Crippen LogP contribution in [-0.4, -0.2) is 213 Å². The van der Waals surface area contributed by atoms with E-state index in [9.17, 15) is 81.4 Å². The van der Waals surface area contributed by atoms with E-state index < -0.39 is 176 Å². The maximum absolute atomic E-state index is 13.3. The van der Waals surface area contributed by atoms with E-state index in [2.05, 4.69) is 0 Å². The smallest absolute Gasteiger partial charge is 0.197 e. The highest BCUT2D eigenvalue weighted by atomic mass is 16.8. The Morgan fingerprint density at radius 2 is 1.11 bits per heavy atom. The number of aromatic hydroxyl groups is 3. The highest BCUT2D eigenvalue weighted by Gasteiger charge is 2.54. The molecular weight excluding hydrogens is 852 g/mol. The first kappa shape index (κ1) is 47.3. The van der Waals surface area contributed by atoms with E-state index in [0.717, 1.165) is 12.1 Å². The Bertz CT molecular complexity index is 2080. The van der Waals surface area contributed by atoms with Gasteiger partial charge in [-0.2, -0.15) is 0 Å². The van der Waals surface area contributed by atoms with Gasteiger partial charge < -0.3 is 114 Å². The lowest BCUT2D eigenvalue weighted by Gasteiger charge is -2.48. The number of hydrogen-bond donors (Lipinski definition) is 15. The third-order valence-electron chi connectivity index (χ3n) is 11.6. The van der Waals surface area contributed by atoms with Crippen LogP contribution in [0.1, 0.15) is 18.6 Å². The second kappa shape index (κ2) is 19.0. The van der Waals surface area contributed by atoms with Gasteiger partial charge in [0, 0.05) is 17.7 Å². The number of rotatable bonds is 11. The quantitative estimate of drug-likeness (QED) is 0.0854. The SMILES string of the molecule is C[C@@H]1O[C@@H](OC[C@@H]2O[C@@H](c3c(O)cc(O)c4c(=O)cc(-c5ccc(O)cc5)oc34)[C@H](O)[C@@H](O)[C@@H]2O)[C@@H](O[C@@H]2O[C@@H](CO)[C@H](O)[C@H](O)[C@@H]2O)[C@H](O)[C@H]1O[C@@H]1O[C@@H](CO)[C@@H](O)[C@H](O)[C@H]1O. The van der Waals surface area contributed by atoms with Crippen LogP contribution < -0.4 is 5.43 Å². The Kier molecular flexibility index (Phi) is 14.3. The molecule has 4 fully saturated rings. The summed E-state index contributed by atoms with van der Waals surface area (Å²) in [4.78, 5) is 13.3. The minimum Gasteiger partial charge on any atom is -0.508 e. The molecule has 0 bridgehead atoms. The maximum atomic E-state index is 13.3. The van der Waals surface area contributed by atoms with Gasteiger partial charge in [-0.15, -0.1) is 0 Å². The van der Waals surface area contributed by atoms with Crippen LogP contribution in [-0.2, 0) is 33.2 Å². The van der Waals surface area contributed by atoms with Gasteiger partial charge in [0.25, 0.3) is 0 Å². The van der Waals surface area contributed by atoms with Crippen molar-refractivity contribution in [2.75, 3.05) is 19.8 Å². The molecular formula is C39H50O24. The van der Waals surface area contributed by atoms with Gasteiger partial charge in [-0.25, -0.2) is 0 Å². The van der Waals surface area contributed by atoms with Crippen LogP contribution in [0.5, 0.6) is 17.2 Å². The summed E-state index contributed by atoms with van der Waals surface area (Å²) in [5.41, 5.74) is -1.46. The van der Waals surface area contributed by atoms with Gasteiger partial charge in [0.05, 0.1) is 31.5 Å².